The van der Waals surface area contributed by atoms with Gasteiger partial charge in [0.15, 0.2) is 5.78 Å². The summed E-state index contributed by atoms with van der Waals surface area (Å²) in [4.78, 5) is 33.8. The number of nitrogens with zero attached hydrogens (tertiary/aromatic N) is 2. The van der Waals surface area contributed by atoms with Crippen LogP contribution < -0.4 is 10.2 Å². The summed E-state index contributed by atoms with van der Waals surface area (Å²) in [6.45, 7) is 2.11. The molecule has 2 heterocycles. The maximum absolute atomic E-state index is 13.9. The number of fused-ring (bicyclic) bond motifs is 1. The van der Waals surface area contributed by atoms with Gasteiger partial charge in [0.1, 0.15) is 5.82 Å². The lowest BCUT2D eigenvalue weighted by Crippen LogP contribution is -2.38. The molecule has 5 nitrogen and oxygen atoms in total. The van der Waals surface area contributed by atoms with Gasteiger partial charge < -0.3 is 5.32 Å². The number of allylic oxidation sites excluding steroid dienone is 1. The summed E-state index contributed by atoms with van der Waals surface area (Å²) in [7, 11) is 0. The Morgan fingerprint density at radius 3 is 2.58 bits per heavy atom. The summed E-state index contributed by atoms with van der Waals surface area (Å²) in [6.07, 6.45) is 7.55. The van der Waals surface area contributed by atoms with Gasteiger partial charge >= 0.3 is 0 Å². The van der Waals surface area contributed by atoms with Gasteiger partial charge in [-0.1, -0.05) is 50.1 Å². The molecule has 2 aliphatic rings. The smallest absolute Gasteiger partial charge is 0.227 e. The van der Waals surface area contributed by atoms with E-state index in [2.05, 4.69) is 17.2 Å². The second-order valence-electron chi connectivity index (χ2n) is 9.52. The Labute approximate surface area is 211 Å². The van der Waals surface area contributed by atoms with Crippen molar-refractivity contribution in [2.75, 3.05) is 10.2 Å². The lowest BCUT2D eigenvalue weighted by molar-refractivity contribution is -0.119. The molecule has 2 aromatic carbocycles. The summed E-state index contributed by atoms with van der Waals surface area (Å²) in [5, 5.41) is 3.53. The lowest BCUT2D eigenvalue weighted by Gasteiger charge is -2.35. The number of aromatic nitrogens is 1. The number of carbonyl (C=O) groups is 2. The van der Waals surface area contributed by atoms with E-state index in [4.69, 9.17) is 0 Å². The van der Waals surface area contributed by atoms with Crippen LogP contribution in [-0.2, 0) is 9.59 Å². The highest BCUT2D eigenvalue weighted by Crippen LogP contribution is 2.47. The average Bonchev–Trinajstić information content (AvgIpc) is 3.04. The number of halogens is 1. The van der Waals surface area contributed by atoms with Crippen LogP contribution in [0.5, 0.6) is 0 Å². The van der Waals surface area contributed by atoms with E-state index in [0.29, 0.717) is 24.8 Å². The molecule has 1 aromatic heterocycles. The van der Waals surface area contributed by atoms with Crippen LogP contribution >= 0.6 is 0 Å². The number of hydrogen-bond donors (Lipinski definition) is 1. The number of hydrogen-bond acceptors (Lipinski definition) is 4. The number of benzene rings is 2. The number of amides is 1. The van der Waals surface area contributed by atoms with Gasteiger partial charge in [-0.05, 0) is 60.2 Å². The number of pyridine rings is 1. The molecule has 0 saturated carbocycles. The third-order valence-electron chi connectivity index (χ3n) is 7.09. The highest BCUT2D eigenvalue weighted by Gasteiger charge is 2.41. The molecule has 0 fully saturated rings. The fraction of sp³-hybridized carbons (Fsp3) is 0.300. The number of Topliss-reactive ketones (excluding diaryl/α,β-unsaturated/α-hetero) is 1. The molecule has 1 amide bonds. The Hall–Kier alpha value is -3.80. The quantitative estimate of drug-likeness (QED) is 0.396. The first kappa shape index (κ1) is 23.9. The molecule has 0 unspecified atom stereocenters. The first-order valence-corrected chi connectivity index (χ1v) is 12.7. The monoisotopic (exact) mass is 483 g/mol. The van der Waals surface area contributed by atoms with E-state index in [0.717, 1.165) is 47.5 Å². The minimum Gasteiger partial charge on any atom is -0.357 e. The average molecular weight is 484 g/mol. The molecule has 6 heteroatoms. The highest BCUT2D eigenvalue weighted by molar-refractivity contribution is 6.06. The number of nitrogens with one attached hydrogen (secondary N) is 1. The minimum atomic E-state index is -0.569. The van der Waals surface area contributed by atoms with E-state index in [9.17, 15) is 14.0 Å². The van der Waals surface area contributed by atoms with Crippen LogP contribution in [0.2, 0.25) is 0 Å². The van der Waals surface area contributed by atoms with Gasteiger partial charge in [-0.15, -0.1) is 0 Å². The van der Waals surface area contributed by atoms with Gasteiger partial charge in [-0.3, -0.25) is 19.5 Å². The van der Waals surface area contributed by atoms with Gasteiger partial charge in [-0.25, -0.2) is 4.39 Å². The topological polar surface area (TPSA) is 62.3 Å². The van der Waals surface area contributed by atoms with E-state index in [1.807, 2.05) is 36.4 Å². The third kappa shape index (κ3) is 4.68. The Bertz CT molecular complexity index is 1290. The molecular weight excluding hydrogens is 453 g/mol. The summed E-state index contributed by atoms with van der Waals surface area (Å²) in [6, 6.07) is 17.3. The van der Waals surface area contributed by atoms with Crippen molar-refractivity contribution in [1.29, 1.82) is 0 Å². The van der Waals surface area contributed by atoms with Crippen molar-refractivity contribution in [3.63, 3.8) is 0 Å². The standard InChI is InChI=1S/C30H30FN3O2/c1-2-3-4-11-28(36)34-26-10-6-5-9-24(26)33-25-17-22(20-12-14-23(31)15-13-20)18-27(35)29(25)30(34)21-8-7-16-32-19-21/h5-10,12-16,19,22,30,33H,2-4,11,17-18H2,1H3/t22-,30+/m0/s1. The fourth-order valence-electron chi connectivity index (χ4n) is 5.34. The molecule has 184 valence electrons. The molecule has 3 aromatic rings. The molecule has 5 rings (SSSR count). The van der Waals surface area contributed by atoms with Crippen LogP contribution in [0.15, 0.2) is 84.3 Å². The molecule has 1 N–H and O–H groups in total. The molecule has 0 bridgehead atoms. The zero-order chi connectivity index (χ0) is 25.1. The van der Waals surface area contributed by atoms with Crippen molar-refractivity contribution in [3.8, 4) is 0 Å². The van der Waals surface area contributed by atoms with E-state index in [1.165, 1.54) is 12.1 Å². The van der Waals surface area contributed by atoms with Crippen LogP contribution in [0.25, 0.3) is 0 Å². The van der Waals surface area contributed by atoms with Crippen LogP contribution in [0.3, 0.4) is 0 Å². The second-order valence-corrected chi connectivity index (χ2v) is 9.52. The molecule has 2 atom stereocenters. The minimum absolute atomic E-state index is 0.00578. The van der Waals surface area contributed by atoms with Gasteiger partial charge in [-0.2, -0.15) is 0 Å². The van der Waals surface area contributed by atoms with E-state index < -0.39 is 6.04 Å². The number of unbranched alkanes of at least 4 members (excludes halogenated alkanes) is 2. The van der Waals surface area contributed by atoms with E-state index >= 15 is 0 Å². The number of rotatable bonds is 6. The highest BCUT2D eigenvalue weighted by atomic mass is 19.1. The summed E-state index contributed by atoms with van der Waals surface area (Å²) < 4.78 is 13.6. The number of anilines is 2. The Morgan fingerprint density at radius 2 is 1.83 bits per heavy atom. The van der Waals surface area contributed by atoms with Crippen LogP contribution in [0, 0.1) is 5.82 Å². The van der Waals surface area contributed by atoms with Crippen molar-refractivity contribution in [2.24, 2.45) is 0 Å². The molecule has 1 aliphatic carbocycles. The third-order valence-corrected chi connectivity index (χ3v) is 7.09. The first-order chi connectivity index (χ1) is 17.6. The number of para-hydroxylation sites is 2. The number of carbonyl (C=O) groups excluding carboxylic acids is 2. The van der Waals surface area contributed by atoms with Gasteiger partial charge in [0.25, 0.3) is 0 Å². The van der Waals surface area contributed by atoms with Crippen molar-refractivity contribution in [2.45, 2.75) is 57.4 Å². The second kappa shape index (κ2) is 10.4. The molecule has 0 saturated heterocycles. The normalized spacial score (nSPS) is 19.3. The summed E-state index contributed by atoms with van der Waals surface area (Å²) in [5.74, 6) is -0.381. The SMILES string of the molecule is CCCCCC(=O)N1c2ccccc2NC2=C(C(=O)C[C@@H](c3ccc(F)cc3)C2)[C@H]1c1cccnc1. The zero-order valence-electron chi connectivity index (χ0n) is 20.4. The number of ketones is 1. The van der Waals surface area contributed by atoms with Gasteiger partial charge in [0.2, 0.25) is 5.91 Å². The zero-order valence-corrected chi connectivity index (χ0v) is 20.4. The predicted octanol–water partition coefficient (Wildman–Crippen LogP) is 6.70. The first-order valence-electron chi connectivity index (χ1n) is 12.7. The summed E-state index contributed by atoms with van der Waals surface area (Å²) in [5.41, 5.74) is 4.72. The maximum atomic E-state index is 13.9. The van der Waals surface area contributed by atoms with Crippen molar-refractivity contribution in [3.05, 3.63) is 101 Å². The summed E-state index contributed by atoms with van der Waals surface area (Å²) >= 11 is 0. The van der Waals surface area contributed by atoms with Crippen LogP contribution in [0.4, 0.5) is 15.8 Å². The van der Waals surface area contributed by atoms with E-state index in [1.54, 1.807) is 29.4 Å². The van der Waals surface area contributed by atoms with Crippen molar-refractivity contribution >= 4 is 23.1 Å². The maximum Gasteiger partial charge on any atom is 0.227 e. The van der Waals surface area contributed by atoms with Gasteiger partial charge in [0, 0.05) is 36.5 Å². The largest absolute Gasteiger partial charge is 0.357 e. The molecule has 0 radical (unpaired) electrons. The lowest BCUT2D eigenvalue weighted by atomic mass is 9.78. The Morgan fingerprint density at radius 1 is 1.03 bits per heavy atom. The van der Waals surface area contributed by atoms with Crippen molar-refractivity contribution < 1.29 is 14.0 Å². The van der Waals surface area contributed by atoms with Crippen LogP contribution in [0.1, 0.15) is 68.5 Å². The van der Waals surface area contributed by atoms with Crippen LogP contribution in [-0.4, -0.2) is 16.7 Å². The molecule has 36 heavy (non-hydrogen) atoms. The molecule has 0 spiro atoms. The predicted molar refractivity (Wildman–Crippen MR) is 139 cm³/mol. The van der Waals surface area contributed by atoms with E-state index in [-0.39, 0.29) is 23.4 Å². The Balaban J connectivity index is 1.64. The molecule has 1 aliphatic heterocycles. The van der Waals surface area contributed by atoms with Crippen molar-refractivity contribution in [1.82, 2.24) is 4.98 Å². The van der Waals surface area contributed by atoms with Gasteiger partial charge in [0.05, 0.1) is 17.4 Å². The fourth-order valence-corrected chi connectivity index (χ4v) is 5.34. The molecular formula is C30H30FN3O2. The Kier molecular flexibility index (Phi) is 6.94.